The molecule has 2 rings (SSSR count). The first-order valence-corrected chi connectivity index (χ1v) is 4.15. The molecule has 0 bridgehead atoms. The highest BCUT2D eigenvalue weighted by atomic mass is 16.5. The molecule has 0 saturated heterocycles. The summed E-state index contributed by atoms with van der Waals surface area (Å²) in [5.74, 6) is 0.654. The Hall–Kier alpha value is -1.75. The number of carbonyl (C=O) groups excluding carboxylic acids is 1. The lowest BCUT2D eigenvalue weighted by Crippen LogP contribution is -2.36. The molecular formula is C9H10N2O3. The van der Waals surface area contributed by atoms with E-state index in [0.717, 1.165) is 5.56 Å². The van der Waals surface area contributed by atoms with E-state index < -0.39 is 6.03 Å². The molecule has 14 heavy (non-hydrogen) atoms. The van der Waals surface area contributed by atoms with Gasteiger partial charge in [-0.1, -0.05) is 6.07 Å². The number of hydrogen-bond acceptors (Lipinski definition) is 3. The number of hydrogen-bond donors (Lipinski definition) is 2. The minimum atomic E-state index is -0.522. The number of fused-ring (bicyclic) bond motifs is 1. The van der Waals surface area contributed by atoms with E-state index in [1.165, 1.54) is 0 Å². The van der Waals surface area contributed by atoms with Gasteiger partial charge in [0.15, 0.2) is 0 Å². The summed E-state index contributed by atoms with van der Waals surface area (Å²) >= 11 is 0. The van der Waals surface area contributed by atoms with Crippen LogP contribution in [-0.2, 0) is 6.54 Å². The van der Waals surface area contributed by atoms with E-state index in [9.17, 15) is 10.0 Å². The molecule has 0 spiro atoms. The third kappa shape index (κ3) is 1.27. The van der Waals surface area contributed by atoms with Gasteiger partial charge >= 0.3 is 6.03 Å². The van der Waals surface area contributed by atoms with Gasteiger partial charge in [0.25, 0.3) is 0 Å². The van der Waals surface area contributed by atoms with Crippen molar-refractivity contribution in [3.63, 3.8) is 0 Å². The minimum Gasteiger partial charge on any atom is -0.496 e. The Morgan fingerprint density at radius 3 is 3.07 bits per heavy atom. The van der Waals surface area contributed by atoms with Crippen LogP contribution in [0.1, 0.15) is 5.56 Å². The molecule has 1 aromatic carbocycles. The van der Waals surface area contributed by atoms with Crippen molar-refractivity contribution < 1.29 is 14.7 Å². The monoisotopic (exact) mass is 194 g/mol. The average Bonchev–Trinajstić information content (AvgIpc) is 2.19. The van der Waals surface area contributed by atoms with Crippen LogP contribution in [0.5, 0.6) is 5.75 Å². The smallest absolute Gasteiger partial charge is 0.345 e. The fourth-order valence-corrected chi connectivity index (χ4v) is 1.44. The summed E-state index contributed by atoms with van der Waals surface area (Å²) in [5, 5.41) is 12.4. The van der Waals surface area contributed by atoms with Crippen molar-refractivity contribution in [2.24, 2.45) is 0 Å². The van der Waals surface area contributed by atoms with E-state index in [1.54, 1.807) is 25.3 Å². The second-order valence-electron chi connectivity index (χ2n) is 2.97. The van der Waals surface area contributed by atoms with Gasteiger partial charge in [-0.3, -0.25) is 5.21 Å². The molecule has 2 N–H and O–H groups in total. The van der Waals surface area contributed by atoms with E-state index in [0.29, 0.717) is 16.5 Å². The normalized spacial score (nSPS) is 14.7. The van der Waals surface area contributed by atoms with Crippen molar-refractivity contribution in [2.45, 2.75) is 6.54 Å². The van der Waals surface area contributed by atoms with Gasteiger partial charge in [-0.05, 0) is 12.1 Å². The number of methoxy groups -OCH3 is 1. The maximum absolute atomic E-state index is 11.1. The number of carbonyl (C=O) groups is 1. The Kier molecular flexibility index (Phi) is 2.01. The Labute approximate surface area is 80.9 Å². The van der Waals surface area contributed by atoms with Crippen LogP contribution in [0.2, 0.25) is 0 Å². The molecule has 0 radical (unpaired) electrons. The zero-order valence-corrected chi connectivity index (χ0v) is 7.65. The van der Waals surface area contributed by atoms with E-state index >= 15 is 0 Å². The molecule has 2 amide bonds. The Bertz CT molecular complexity index is 378. The van der Waals surface area contributed by atoms with Crippen LogP contribution in [-0.4, -0.2) is 23.4 Å². The molecule has 0 aliphatic carbocycles. The zero-order chi connectivity index (χ0) is 10.1. The summed E-state index contributed by atoms with van der Waals surface area (Å²) in [5.41, 5.74) is 1.46. The van der Waals surface area contributed by atoms with Crippen molar-refractivity contribution in [3.05, 3.63) is 23.8 Å². The number of benzene rings is 1. The van der Waals surface area contributed by atoms with E-state index in [2.05, 4.69) is 5.32 Å². The van der Waals surface area contributed by atoms with Gasteiger partial charge in [-0.2, -0.15) is 0 Å². The largest absolute Gasteiger partial charge is 0.496 e. The molecule has 5 nitrogen and oxygen atoms in total. The van der Waals surface area contributed by atoms with E-state index in [4.69, 9.17) is 4.74 Å². The molecule has 1 aromatic rings. The average molecular weight is 194 g/mol. The number of nitrogens with one attached hydrogen (secondary N) is 1. The van der Waals surface area contributed by atoms with E-state index in [1.807, 2.05) is 0 Å². The maximum atomic E-state index is 11.1. The van der Waals surface area contributed by atoms with Crippen LogP contribution < -0.4 is 10.1 Å². The summed E-state index contributed by atoms with van der Waals surface area (Å²) in [7, 11) is 1.55. The van der Waals surface area contributed by atoms with Crippen molar-refractivity contribution >= 4 is 11.7 Å². The topological polar surface area (TPSA) is 61.8 Å². The summed E-state index contributed by atoms with van der Waals surface area (Å²) < 4.78 is 5.11. The van der Waals surface area contributed by atoms with Crippen LogP contribution in [0.25, 0.3) is 0 Å². The minimum absolute atomic E-state index is 0.144. The van der Waals surface area contributed by atoms with Crippen molar-refractivity contribution in [2.75, 3.05) is 12.4 Å². The predicted molar refractivity (Wildman–Crippen MR) is 49.3 cm³/mol. The number of anilines is 1. The summed E-state index contributed by atoms with van der Waals surface area (Å²) in [6, 6.07) is 4.81. The lowest BCUT2D eigenvalue weighted by atomic mass is 10.1. The summed E-state index contributed by atoms with van der Waals surface area (Å²) in [6.45, 7) is 0.144. The van der Waals surface area contributed by atoms with Crippen molar-refractivity contribution in [1.29, 1.82) is 0 Å². The number of ether oxygens (including phenoxy) is 1. The molecular weight excluding hydrogens is 184 g/mol. The van der Waals surface area contributed by atoms with Crippen LogP contribution >= 0.6 is 0 Å². The van der Waals surface area contributed by atoms with Crippen LogP contribution in [0.4, 0.5) is 10.5 Å². The van der Waals surface area contributed by atoms with Gasteiger partial charge in [0.2, 0.25) is 0 Å². The molecule has 1 aliphatic heterocycles. The highest BCUT2D eigenvalue weighted by molar-refractivity contribution is 5.92. The van der Waals surface area contributed by atoms with Crippen molar-refractivity contribution in [3.8, 4) is 5.75 Å². The Morgan fingerprint density at radius 2 is 2.36 bits per heavy atom. The quantitative estimate of drug-likeness (QED) is 0.665. The van der Waals surface area contributed by atoms with Gasteiger partial charge in [0.1, 0.15) is 5.75 Å². The van der Waals surface area contributed by atoms with Crippen LogP contribution in [0.15, 0.2) is 18.2 Å². The first-order valence-electron chi connectivity index (χ1n) is 4.15. The van der Waals surface area contributed by atoms with Gasteiger partial charge < -0.3 is 10.1 Å². The maximum Gasteiger partial charge on any atom is 0.345 e. The first-order chi connectivity index (χ1) is 6.72. The van der Waals surface area contributed by atoms with Gasteiger partial charge in [-0.15, -0.1) is 0 Å². The third-order valence-corrected chi connectivity index (χ3v) is 2.14. The molecule has 1 aliphatic rings. The Morgan fingerprint density at radius 1 is 1.57 bits per heavy atom. The number of rotatable bonds is 1. The number of nitrogens with zero attached hydrogens (tertiary/aromatic N) is 1. The van der Waals surface area contributed by atoms with Crippen LogP contribution in [0, 0.1) is 0 Å². The molecule has 5 heteroatoms. The number of hydroxylamine groups is 2. The van der Waals surface area contributed by atoms with Crippen LogP contribution in [0.3, 0.4) is 0 Å². The molecule has 74 valence electrons. The molecule has 0 saturated carbocycles. The molecule has 1 heterocycles. The second-order valence-corrected chi connectivity index (χ2v) is 2.97. The summed E-state index contributed by atoms with van der Waals surface area (Å²) in [4.78, 5) is 11.1. The third-order valence-electron chi connectivity index (χ3n) is 2.14. The number of amides is 2. The van der Waals surface area contributed by atoms with Gasteiger partial charge in [0.05, 0.1) is 19.3 Å². The molecule has 0 aromatic heterocycles. The lowest BCUT2D eigenvalue weighted by molar-refractivity contribution is -0.0473. The van der Waals surface area contributed by atoms with Gasteiger partial charge in [-0.25, -0.2) is 9.86 Å². The standard InChI is InChI=1S/C9H10N2O3/c1-14-8-4-2-3-7-6(8)5-11(13)9(12)10-7/h2-4,13H,5H2,1H3,(H,10,12). The molecule has 0 atom stereocenters. The second kappa shape index (κ2) is 3.19. The Balaban J connectivity index is 2.46. The highest BCUT2D eigenvalue weighted by Crippen LogP contribution is 2.30. The molecule has 0 fully saturated rings. The molecule has 0 unspecified atom stereocenters. The summed E-state index contributed by atoms with van der Waals surface area (Å²) in [6.07, 6.45) is 0. The lowest BCUT2D eigenvalue weighted by Gasteiger charge is -2.25. The predicted octanol–water partition coefficient (Wildman–Crippen LogP) is 1.43. The fraction of sp³-hybridized carbons (Fsp3) is 0.222. The SMILES string of the molecule is COc1cccc2c1CN(O)C(=O)N2. The first kappa shape index (κ1) is 8.83. The highest BCUT2D eigenvalue weighted by Gasteiger charge is 2.23. The zero-order valence-electron chi connectivity index (χ0n) is 7.65. The number of urea groups is 1. The van der Waals surface area contributed by atoms with E-state index in [-0.39, 0.29) is 6.54 Å². The fourth-order valence-electron chi connectivity index (χ4n) is 1.44. The van der Waals surface area contributed by atoms with Gasteiger partial charge in [0, 0.05) is 5.56 Å². The van der Waals surface area contributed by atoms with Crippen molar-refractivity contribution in [1.82, 2.24) is 5.06 Å².